The molecule has 1 fully saturated rings. The third-order valence-corrected chi connectivity index (χ3v) is 4.21. The van der Waals surface area contributed by atoms with E-state index in [0.29, 0.717) is 5.92 Å². The fourth-order valence-corrected chi connectivity index (χ4v) is 2.92. The largest absolute Gasteiger partial charge is 0.342 e. The maximum Gasteiger partial charge on any atom is 0.239 e. The second-order valence-electron chi connectivity index (χ2n) is 5.50. The molecule has 0 saturated carbocycles. The topological polar surface area (TPSA) is 35.6 Å². The van der Waals surface area contributed by atoms with Gasteiger partial charge in [-0.15, -0.1) is 0 Å². The standard InChI is InChI=1S/C15H31N3O/c1-5-16-11-14-9-8-10-18(12-14)13(4)15(19)17(6-2)7-3/h13-14,16H,5-12H2,1-4H3. The average Bonchev–Trinajstić information content (AvgIpc) is 2.45. The van der Waals surface area contributed by atoms with Gasteiger partial charge in [-0.05, 0) is 59.2 Å². The molecule has 0 aromatic rings. The van der Waals surface area contributed by atoms with E-state index in [9.17, 15) is 4.79 Å². The number of piperidine rings is 1. The molecule has 0 aliphatic carbocycles. The normalized spacial score (nSPS) is 22.2. The summed E-state index contributed by atoms with van der Waals surface area (Å²) in [6.45, 7) is 14.2. The number of rotatable bonds is 7. The van der Waals surface area contributed by atoms with Crippen molar-refractivity contribution >= 4 is 5.91 Å². The number of likely N-dealkylation sites (N-methyl/N-ethyl adjacent to an activating group) is 1. The first-order chi connectivity index (χ1) is 9.13. The Kier molecular flexibility index (Phi) is 7.39. The number of carbonyl (C=O) groups excluding carboxylic acids is 1. The second kappa shape index (κ2) is 8.54. The molecule has 1 heterocycles. The molecule has 1 saturated heterocycles. The fourth-order valence-electron chi connectivity index (χ4n) is 2.92. The second-order valence-corrected chi connectivity index (χ2v) is 5.50. The van der Waals surface area contributed by atoms with E-state index in [4.69, 9.17) is 0 Å². The molecule has 0 radical (unpaired) electrons. The first-order valence-corrected chi connectivity index (χ1v) is 7.87. The van der Waals surface area contributed by atoms with Gasteiger partial charge in [0, 0.05) is 19.6 Å². The lowest BCUT2D eigenvalue weighted by atomic mass is 9.96. The molecule has 19 heavy (non-hydrogen) atoms. The molecule has 1 aliphatic rings. The Hall–Kier alpha value is -0.610. The van der Waals surface area contributed by atoms with Crippen LogP contribution in [0.2, 0.25) is 0 Å². The molecule has 0 spiro atoms. The van der Waals surface area contributed by atoms with E-state index in [2.05, 4.69) is 37.9 Å². The summed E-state index contributed by atoms with van der Waals surface area (Å²) in [6, 6.07) is 0.0318. The molecule has 2 unspecified atom stereocenters. The number of likely N-dealkylation sites (tertiary alicyclic amines) is 1. The van der Waals surface area contributed by atoms with Crippen LogP contribution in [0.5, 0.6) is 0 Å². The minimum atomic E-state index is 0.0318. The Balaban J connectivity index is 2.51. The minimum absolute atomic E-state index is 0.0318. The van der Waals surface area contributed by atoms with Crippen LogP contribution in [0.1, 0.15) is 40.5 Å². The third-order valence-electron chi connectivity index (χ3n) is 4.21. The van der Waals surface area contributed by atoms with Gasteiger partial charge in [0.05, 0.1) is 6.04 Å². The van der Waals surface area contributed by atoms with Gasteiger partial charge in [0.25, 0.3) is 0 Å². The molecule has 1 N–H and O–H groups in total. The maximum atomic E-state index is 12.4. The highest BCUT2D eigenvalue weighted by atomic mass is 16.2. The number of hydrogen-bond acceptors (Lipinski definition) is 3. The summed E-state index contributed by atoms with van der Waals surface area (Å²) in [6.07, 6.45) is 2.50. The van der Waals surface area contributed by atoms with Crippen molar-refractivity contribution in [2.24, 2.45) is 5.92 Å². The molecule has 1 amide bonds. The predicted octanol–water partition coefficient (Wildman–Crippen LogP) is 1.56. The molecule has 4 heteroatoms. The van der Waals surface area contributed by atoms with Crippen LogP contribution in [-0.2, 0) is 4.79 Å². The van der Waals surface area contributed by atoms with E-state index >= 15 is 0 Å². The molecule has 4 nitrogen and oxygen atoms in total. The van der Waals surface area contributed by atoms with E-state index in [0.717, 1.165) is 39.3 Å². The van der Waals surface area contributed by atoms with Crippen molar-refractivity contribution in [3.05, 3.63) is 0 Å². The summed E-state index contributed by atoms with van der Waals surface area (Å²) >= 11 is 0. The molecule has 0 bridgehead atoms. The van der Waals surface area contributed by atoms with Crippen LogP contribution in [0.3, 0.4) is 0 Å². The Morgan fingerprint density at radius 2 is 2.05 bits per heavy atom. The summed E-state index contributed by atoms with van der Waals surface area (Å²) < 4.78 is 0. The monoisotopic (exact) mass is 269 g/mol. The quantitative estimate of drug-likeness (QED) is 0.762. The van der Waals surface area contributed by atoms with Crippen LogP contribution < -0.4 is 5.32 Å². The zero-order chi connectivity index (χ0) is 14.3. The lowest BCUT2D eigenvalue weighted by Gasteiger charge is -2.37. The fraction of sp³-hybridized carbons (Fsp3) is 0.933. The van der Waals surface area contributed by atoms with Crippen LogP contribution in [0, 0.1) is 5.92 Å². The summed E-state index contributed by atoms with van der Waals surface area (Å²) in [4.78, 5) is 16.7. The molecule has 1 aliphatic heterocycles. The highest BCUT2D eigenvalue weighted by Crippen LogP contribution is 2.18. The Labute approximate surface area is 118 Å². The van der Waals surface area contributed by atoms with Crippen molar-refractivity contribution in [1.29, 1.82) is 0 Å². The molecular formula is C15H31N3O. The van der Waals surface area contributed by atoms with Gasteiger partial charge in [0.1, 0.15) is 0 Å². The summed E-state index contributed by atoms with van der Waals surface area (Å²) in [5.41, 5.74) is 0. The summed E-state index contributed by atoms with van der Waals surface area (Å²) in [5, 5.41) is 3.43. The number of amides is 1. The Morgan fingerprint density at radius 3 is 2.63 bits per heavy atom. The molecular weight excluding hydrogens is 238 g/mol. The maximum absolute atomic E-state index is 12.4. The first-order valence-electron chi connectivity index (χ1n) is 7.87. The van der Waals surface area contributed by atoms with Crippen molar-refractivity contribution in [3.63, 3.8) is 0 Å². The SMILES string of the molecule is CCNCC1CCCN(C(C)C(=O)N(CC)CC)C1. The van der Waals surface area contributed by atoms with E-state index in [1.54, 1.807) is 0 Å². The van der Waals surface area contributed by atoms with E-state index in [-0.39, 0.29) is 11.9 Å². The first kappa shape index (κ1) is 16.4. The number of carbonyl (C=O) groups is 1. The number of nitrogens with zero attached hydrogens (tertiary/aromatic N) is 2. The highest BCUT2D eigenvalue weighted by molar-refractivity contribution is 5.81. The van der Waals surface area contributed by atoms with E-state index in [1.807, 2.05) is 4.90 Å². The molecule has 1 rings (SSSR count). The zero-order valence-corrected chi connectivity index (χ0v) is 13.1. The molecule has 0 aromatic carbocycles. The van der Waals surface area contributed by atoms with Gasteiger partial charge in [0.15, 0.2) is 0 Å². The molecule has 0 aromatic heterocycles. The summed E-state index contributed by atoms with van der Waals surface area (Å²) in [7, 11) is 0. The van der Waals surface area contributed by atoms with Gasteiger partial charge in [-0.25, -0.2) is 0 Å². The lowest BCUT2D eigenvalue weighted by molar-refractivity contribution is -0.136. The van der Waals surface area contributed by atoms with Crippen molar-refractivity contribution in [2.45, 2.75) is 46.6 Å². The smallest absolute Gasteiger partial charge is 0.239 e. The number of hydrogen-bond donors (Lipinski definition) is 1. The van der Waals surface area contributed by atoms with Crippen molar-refractivity contribution < 1.29 is 4.79 Å². The van der Waals surface area contributed by atoms with Crippen molar-refractivity contribution in [2.75, 3.05) is 39.3 Å². The summed E-state index contributed by atoms with van der Waals surface area (Å²) in [5.74, 6) is 0.981. The average molecular weight is 269 g/mol. The van der Waals surface area contributed by atoms with Crippen molar-refractivity contribution in [1.82, 2.24) is 15.1 Å². The van der Waals surface area contributed by atoms with Gasteiger partial charge in [-0.1, -0.05) is 6.92 Å². The Bertz CT molecular complexity index is 266. The van der Waals surface area contributed by atoms with Crippen LogP contribution >= 0.6 is 0 Å². The predicted molar refractivity (Wildman–Crippen MR) is 80.2 cm³/mol. The molecule has 112 valence electrons. The Morgan fingerprint density at radius 1 is 1.37 bits per heavy atom. The zero-order valence-electron chi connectivity index (χ0n) is 13.1. The van der Waals surface area contributed by atoms with Gasteiger partial charge in [-0.2, -0.15) is 0 Å². The van der Waals surface area contributed by atoms with Crippen LogP contribution in [0.15, 0.2) is 0 Å². The highest BCUT2D eigenvalue weighted by Gasteiger charge is 2.28. The van der Waals surface area contributed by atoms with E-state index in [1.165, 1.54) is 12.8 Å². The lowest BCUT2D eigenvalue weighted by Crippen LogP contribution is -2.51. The van der Waals surface area contributed by atoms with Gasteiger partial charge in [0.2, 0.25) is 5.91 Å². The van der Waals surface area contributed by atoms with Crippen molar-refractivity contribution in [3.8, 4) is 0 Å². The van der Waals surface area contributed by atoms with E-state index < -0.39 is 0 Å². The third kappa shape index (κ3) is 4.77. The van der Waals surface area contributed by atoms with Crippen LogP contribution in [0.25, 0.3) is 0 Å². The molecule has 2 atom stereocenters. The van der Waals surface area contributed by atoms with Gasteiger partial charge >= 0.3 is 0 Å². The van der Waals surface area contributed by atoms with Crippen LogP contribution in [0.4, 0.5) is 0 Å². The van der Waals surface area contributed by atoms with Gasteiger partial charge < -0.3 is 10.2 Å². The van der Waals surface area contributed by atoms with Gasteiger partial charge in [-0.3, -0.25) is 9.69 Å². The number of nitrogens with one attached hydrogen (secondary N) is 1. The minimum Gasteiger partial charge on any atom is -0.342 e. The van der Waals surface area contributed by atoms with Crippen LogP contribution in [-0.4, -0.2) is 61.0 Å².